The lowest BCUT2D eigenvalue weighted by atomic mass is 9.96. The predicted molar refractivity (Wildman–Crippen MR) is 151 cm³/mol. The molecule has 2 aromatic heterocycles. The number of benzene rings is 2. The number of nitrogens with one attached hydrogen (secondary N) is 5. The van der Waals surface area contributed by atoms with Crippen LogP contribution in [0.25, 0.3) is 21.0 Å². The summed E-state index contributed by atoms with van der Waals surface area (Å²) in [6, 6.07) is 15.2. The molecule has 0 bridgehead atoms. The molecule has 1 fully saturated rings. The Morgan fingerprint density at radius 3 is 2.45 bits per heavy atom. The molecule has 1 aliphatic heterocycles. The Kier molecular flexibility index (Phi) is 8.05. The van der Waals surface area contributed by atoms with Crippen LogP contribution in [0.3, 0.4) is 0 Å². The van der Waals surface area contributed by atoms with Gasteiger partial charge in [0.15, 0.2) is 0 Å². The van der Waals surface area contributed by atoms with Crippen LogP contribution >= 0.6 is 11.3 Å². The highest BCUT2D eigenvalue weighted by Gasteiger charge is 2.29. The number of hydrogen-bond acceptors (Lipinski definition) is 5. The fourth-order valence-corrected chi connectivity index (χ4v) is 6.15. The third-order valence-electron chi connectivity index (χ3n) is 7.12. The van der Waals surface area contributed by atoms with Gasteiger partial charge in [-0.2, -0.15) is 0 Å². The van der Waals surface area contributed by atoms with Gasteiger partial charge in [-0.1, -0.05) is 36.4 Å². The van der Waals surface area contributed by atoms with Crippen LogP contribution in [0.5, 0.6) is 0 Å². The van der Waals surface area contributed by atoms with Gasteiger partial charge in [0.2, 0.25) is 17.7 Å². The van der Waals surface area contributed by atoms with Crippen LogP contribution in [-0.4, -0.2) is 48.0 Å². The minimum atomic E-state index is -0.785. The van der Waals surface area contributed by atoms with Crippen molar-refractivity contribution in [3.05, 3.63) is 71.2 Å². The maximum atomic E-state index is 13.7. The van der Waals surface area contributed by atoms with Crippen LogP contribution in [0, 0.1) is 5.92 Å². The summed E-state index contributed by atoms with van der Waals surface area (Å²) in [4.78, 5) is 42.2. The predicted octanol–water partition coefficient (Wildman–Crippen LogP) is 3.23. The minimum Gasteiger partial charge on any atom is -0.361 e. The highest BCUT2D eigenvalue weighted by Crippen LogP contribution is 2.26. The summed E-state index contributed by atoms with van der Waals surface area (Å²) in [6.07, 6.45) is 3.54. The highest BCUT2D eigenvalue weighted by molar-refractivity contribution is 7.17. The van der Waals surface area contributed by atoms with Crippen LogP contribution < -0.4 is 21.3 Å². The maximum absolute atomic E-state index is 13.7. The Balaban J connectivity index is 1.37. The SMILES string of the molecule is CC(=O)N[C@@H](Cc1csc2ccccc12)NC(=O)[C@@H](Cc1c[nH]c2ccccc12)NC(=O)C1CCNCC1. The lowest BCUT2D eigenvalue weighted by molar-refractivity contribution is -0.132. The van der Waals surface area contributed by atoms with Crippen LogP contribution in [0.1, 0.15) is 30.9 Å². The first-order valence-electron chi connectivity index (χ1n) is 13.1. The minimum absolute atomic E-state index is 0.105. The third kappa shape index (κ3) is 6.06. The monoisotopic (exact) mass is 531 g/mol. The Labute approximate surface area is 225 Å². The highest BCUT2D eigenvalue weighted by atomic mass is 32.1. The molecule has 0 aliphatic carbocycles. The molecule has 3 amide bonds. The van der Waals surface area contributed by atoms with Crippen molar-refractivity contribution in [1.82, 2.24) is 26.3 Å². The summed E-state index contributed by atoms with van der Waals surface area (Å²) in [5, 5.41) is 16.4. The number of rotatable bonds is 9. The molecular formula is C29H33N5O3S. The number of carbonyl (C=O) groups excluding carboxylic acids is 3. The standard InChI is InChI=1S/C29H33N5O3S/c1-18(35)32-27(15-21-17-38-26-9-5-3-7-23(21)26)34-29(37)25(33-28(36)19-10-12-30-13-11-19)14-20-16-31-24-8-4-2-6-22(20)24/h2-9,16-17,19,25,27,30-31H,10-15H2,1H3,(H,32,35)(H,33,36)(H,34,37)/t25-,27-/m1/s1. The van der Waals surface area contributed by atoms with Gasteiger partial charge in [0, 0.05) is 47.5 Å². The number of hydrogen-bond donors (Lipinski definition) is 5. The Hall–Kier alpha value is -3.69. The smallest absolute Gasteiger partial charge is 0.244 e. The van der Waals surface area contributed by atoms with Gasteiger partial charge in [0.1, 0.15) is 12.2 Å². The zero-order valence-corrected chi connectivity index (χ0v) is 22.2. The molecule has 0 saturated carbocycles. The van der Waals surface area contributed by atoms with Gasteiger partial charge in [0.05, 0.1) is 0 Å². The number of aromatic amines is 1. The van der Waals surface area contributed by atoms with Crippen molar-refractivity contribution in [3.8, 4) is 0 Å². The molecule has 2 atom stereocenters. The number of H-pyrrole nitrogens is 1. The van der Waals surface area contributed by atoms with Crippen LogP contribution in [-0.2, 0) is 27.2 Å². The quantitative estimate of drug-likeness (QED) is 0.213. The van der Waals surface area contributed by atoms with Crippen molar-refractivity contribution in [2.75, 3.05) is 13.1 Å². The number of piperidine rings is 1. The third-order valence-corrected chi connectivity index (χ3v) is 8.13. The van der Waals surface area contributed by atoms with Gasteiger partial charge in [-0.05, 0) is 60.0 Å². The van der Waals surface area contributed by atoms with Crippen molar-refractivity contribution in [3.63, 3.8) is 0 Å². The van der Waals surface area contributed by atoms with E-state index >= 15 is 0 Å². The first-order chi connectivity index (χ1) is 18.5. The van der Waals surface area contributed by atoms with Gasteiger partial charge in [0.25, 0.3) is 0 Å². The number of fused-ring (bicyclic) bond motifs is 2. The molecule has 1 aliphatic rings. The number of amides is 3. The molecule has 1 saturated heterocycles. The maximum Gasteiger partial charge on any atom is 0.244 e. The zero-order valence-electron chi connectivity index (χ0n) is 21.4. The second kappa shape index (κ2) is 11.8. The van der Waals surface area contributed by atoms with E-state index in [9.17, 15) is 14.4 Å². The van der Waals surface area contributed by atoms with Crippen molar-refractivity contribution >= 4 is 50.0 Å². The molecule has 3 heterocycles. The van der Waals surface area contributed by atoms with Crippen molar-refractivity contribution in [1.29, 1.82) is 0 Å². The van der Waals surface area contributed by atoms with Crippen LogP contribution in [0.2, 0.25) is 0 Å². The molecular weight excluding hydrogens is 498 g/mol. The summed E-state index contributed by atoms with van der Waals surface area (Å²) in [7, 11) is 0. The molecule has 2 aromatic carbocycles. The average molecular weight is 532 g/mol. The zero-order chi connectivity index (χ0) is 26.5. The molecule has 9 heteroatoms. The number of thiophene rings is 1. The van der Waals surface area contributed by atoms with Crippen LogP contribution in [0.4, 0.5) is 0 Å². The van der Waals surface area contributed by atoms with Crippen LogP contribution in [0.15, 0.2) is 60.1 Å². The van der Waals surface area contributed by atoms with Crippen molar-refractivity contribution in [2.45, 2.75) is 44.8 Å². The van der Waals surface area contributed by atoms with E-state index in [0.717, 1.165) is 58.0 Å². The van der Waals surface area contributed by atoms with E-state index in [1.165, 1.54) is 6.92 Å². The Morgan fingerprint density at radius 1 is 0.921 bits per heavy atom. The molecule has 5 rings (SSSR count). The molecule has 38 heavy (non-hydrogen) atoms. The van der Waals surface area contributed by atoms with Gasteiger partial charge in [-0.15, -0.1) is 11.3 Å². The topological polar surface area (TPSA) is 115 Å². The summed E-state index contributed by atoms with van der Waals surface area (Å²) in [5.74, 6) is -0.790. The molecule has 198 valence electrons. The fraction of sp³-hybridized carbons (Fsp3) is 0.345. The lowest BCUT2D eigenvalue weighted by Crippen LogP contribution is -2.56. The lowest BCUT2D eigenvalue weighted by Gasteiger charge is -2.27. The number of para-hydroxylation sites is 1. The van der Waals surface area contributed by atoms with Gasteiger partial charge < -0.3 is 26.3 Å². The Morgan fingerprint density at radius 2 is 1.66 bits per heavy atom. The van der Waals surface area contributed by atoms with Crippen molar-refractivity contribution in [2.24, 2.45) is 5.92 Å². The van der Waals surface area contributed by atoms with E-state index in [4.69, 9.17) is 0 Å². The molecule has 0 unspecified atom stereocenters. The molecule has 8 nitrogen and oxygen atoms in total. The summed E-state index contributed by atoms with van der Waals surface area (Å²) < 4.78 is 1.15. The second-order valence-electron chi connectivity index (χ2n) is 9.87. The van der Waals surface area contributed by atoms with E-state index in [1.54, 1.807) is 11.3 Å². The van der Waals surface area contributed by atoms with E-state index in [-0.39, 0.29) is 23.6 Å². The number of aromatic nitrogens is 1. The van der Waals surface area contributed by atoms with E-state index in [2.05, 4.69) is 37.7 Å². The van der Waals surface area contributed by atoms with Gasteiger partial charge in [-0.25, -0.2) is 0 Å². The molecule has 5 N–H and O–H groups in total. The van der Waals surface area contributed by atoms with E-state index in [0.29, 0.717) is 12.8 Å². The second-order valence-corrected chi connectivity index (χ2v) is 10.8. The van der Waals surface area contributed by atoms with E-state index in [1.807, 2.05) is 48.7 Å². The largest absolute Gasteiger partial charge is 0.361 e. The van der Waals surface area contributed by atoms with E-state index < -0.39 is 12.2 Å². The summed E-state index contributed by atoms with van der Waals surface area (Å²) >= 11 is 1.64. The summed E-state index contributed by atoms with van der Waals surface area (Å²) in [6.45, 7) is 3.01. The van der Waals surface area contributed by atoms with Gasteiger partial charge in [-0.3, -0.25) is 14.4 Å². The molecule has 0 radical (unpaired) electrons. The Bertz CT molecular complexity index is 1440. The molecule has 0 spiro atoms. The van der Waals surface area contributed by atoms with Gasteiger partial charge >= 0.3 is 0 Å². The van der Waals surface area contributed by atoms with Crippen molar-refractivity contribution < 1.29 is 14.4 Å². The number of carbonyl (C=O) groups is 3. The molecule has 4 aromatic rings. The average Bonchev–Trinajstić information content (AvgIpc) is 3.52. The first-order valence-corrected chi connectivity index (χ1v) is 13.9. The normalized spacial score (nSPS) is 15.7. The first kappa shape index (κ1) is 25.9. The summed E-state index contributed by atoms with van der Waals surface area (Å²) in [5.41, 5.74) is 2.98. The fourth-order valence-electron chi connectivity index (χ4n) is 5.17.